The maximum Gasteiger partial charge on any atom is 0.255 e. The molecule has 3 nitrogen and oxygen atoms in total. The van der Waals surface area contributed by atoms with Gasteiger partial charge in [0.1, 0.15) is 0 Å². The fourth-order valence-corrected chi connectivity index (χ4v) is 2.98. The zero-order valence-corrected chi connectivity index (χ0v) is 13.3. The van der Waals surface area contributed by atoms with Crippen molar-refractivity contribution in [2.75, 3.05) is 5.32 Å². The number of aromatic nitrogens is 1. The molecule has 0 saturated heterocycles. The zero-order chi connectivity index (χ0) is 16.5. The summed E-state index contributed by atoms with van der Waals surface area (Å²) < 4.78 is 0. The Labute approximate surface area is 140 Å². The second-order valence-corrected chi connectivity index (χ2v) is 5.86. The minimum Gasteiger partial charge on any atom is -0.321 e. The normalized spacial score (nSPS) is 10.9. The summed E-state index contributed by atoms with van der Waals surface area (Å²) in [6.45, 7) is 1.98. The van der Waals surface area contributed by atoms with Crippen molar-refractivity contribution in [2.45, 2.75) is 6.92 Å². The highest BCUT2D eigenvalue weighted by Gasteiger charge is 2.10. The highest BCUT2D eigenvalue weighted by Crippen LogP contribution is 2.28. The first-order chi connectivity index (χ1) is 11.7. The molecule has 24 heavy (non-hydrogen) atoms. The van der Waals surface area contributed by atoms with Crippen molar-refractivity contribution in [1.82, 2.24) is 4.98 Å². The fraction of sp³-hybridized carbons (Fsp3) is 0.0476. The van der Waals surface area contributed by atoms with Crippen LogP contribution in [0.4, 0.5) is 5.69 Å². The third-order valence-electron chi connectivity index (χ3n) is 4.16. The molecular formula is C21H16N2O. The minimum absolute atomic E-state index is 0.112. The number of hydrogen-bond donors (Lipinski definition) is 1. The average Bonchev–Trinajstić information content (AvgIpc) is 2.62. The Morgan fingerprint density at radius 3 is 2.67 bits per heavy atom. The highest BCUT2D eigenvalue weighted by atomic mass is 16.1. The zero-order valence-electron chi connectivity index (χ0n) is 13.3. The summed E-state index contributed by atoms with van der Waals surface area (Å²) in [5, 5.41) is 6.18. The lowest BCUT2D eigenvalue weighted by Gasteiger charge is -2.10. The van der Waals surface area contributed by atoms with Crippen LogP contribution in [0.1, 0.15) is 15.9 Å². The highest BCUT2D eigenvalue weighted by molar-refractivity contribution is 6.13. The smallest absolute Gasteiger partial charge is 0.255 e. The number of hydrogen-bond acceptors (Lipinski definition) is 2. The van der Waals surface area contributed by atoms with Gasteiger partial charge in [0.15, 0.2) is 0 Å². The maximum absolute atomic E-state index is 12.5. The van der Waals surface area contributed by atoms with Crippen LogP contribution in [0.5, 0.6) is 0 Å². The molecule has 1 amide bonds. The standard InChI is InChI=1S/C21H16N2O/c1-14-5-4-7-16(13-14)21(24)23-19-11-12-22-20-17-8-3-2-6-15(17)9-10-18(19)20/h2-13H,1H3,(H,22,23,24). The van der Waals surface area contributed by atoms with Crippen LogP contribution in [0, 0.1) is 6.92 Å². The third-order valence-corrected chi connectivity index (χ3v) is 4.16. The van der Waals surface area contributed by atoms with Crippen molar-refractivity contribution in [3.05, 3.63) is 84.1 Å². The second kappa shape index (κ2) is 5.78. The van der Waals surface area contributed by atoms with Gasteiger partial charge in [-0.25, -0.2) is 0 Å². The van der Waals surface area contributed by atoms with Crippen LogP contribution >= 0.6 is 0 Å². The molecule has 4 aromatic rings. The fourth-order valence-electron chi connectivity index (χ4n) is 2.98. The lowest BCUT2D eigenvalue weighted by molar-refractivity contribution is 0.102. The Hall–Kier alpha value is -3.20. The summed E-state index contributed by atoms with van der Waals surface area (Å²) in [5.41, 5.74) is 3.39. The van der Waals surface area contributed by atoms with Crippen molar-refractivity contribution < 1.29 is 4.79 Å². The number of carbonyl (C=O) groups is 1. The first-order valence-corrected chi connectivity index (χ1v) is 7.87. The van der Waals surface area contributed by atoms with Gasteiger partial charge in [0.25, 0.3) is 5.91 Å². The Morgan fingerprint density at radius 1 is 0.917 bits per heavy atom. The van der Waals surface area contributed by atoms with E-state index in [0.717, 1.165) is 32.9 Å². The Bertz CT molecular complexity index is 1070. The van der Waals surface area contributed by atoms with Gasteiger partial charge < -0.3 is 5.32 Å². The molecule has 0 spiro atoms. The van der Waals surface area contributed by atoms with Crippen LogP contribution in [0.15, 0.2) is 72.9 Å². The number of aryl methyl sites for hydroxylation is 1. The van der Waals surface area contributed by atoms with Crippen LogP contribution in [-0.4, -0.2) is 10.9 Å². The molecule has 116 valence electrons. The molecule has 0 fully saturated rings. The van der Waals surface area contributed by atoms with Gasteiger partial charge in [-0.2, -0.15) is 0 Å². The summed E-state index contributed by atoms with van der Waals surface area (Å²) in [6, 6.07) is 21.6. The van der Waals surface area contributed by atoms with Crippen molar-refractivity contribution >= 4 is 33.3 Å². The van der Waals surface area contributed by atoms with Crippen LogP contribution < -0.4 is 5.32 Å². The van der Waals surface area contributed by atoms with Gasteiger partial charge in [0.05, 0.1) is 11.2 Å². The number of carbonyl (C=O) groups excluding carboxylic acids is 1. The van der Waals surface area contributed by atoms with E-state index in [1.165, 1.54) is 0 Å². The molecule has 1 N–H and O–H groups in total. The second-order valence-electron chi connectivity index (χ2n) is 5.86. The molecule has 0 aliphatic heterocycles. The van der Waals surface area contributed by atoms with Gasteiger partial charge in [-0.3, -0.25) is 9.78 Å². The summed E-state index contributed by atoms with van der Waals surface area (Å²) in [4.78, 5) is 17.1. The van der Waals surface area contributed by atoms with Crippen molar-refractivity contribution in [3.8, 4) is 0 Å². The number of anilines is 1. The van der Waals surface area contributed by atoms with E-state index in [2.05, 4.69) is 28.5 Å². The topological polar surface area (TPSA) is 42.0 Å². The molecule has 3 aromatic carbocycles. The van der Waals surface area contributed by atoms with Gasteiger partial charge in [0, 0.05) is 22.5 Å². The van der Waals surface area contributed by atoms with E-state index in [9.17, 15) is 4.79 Å². The minimum atomic E-state index is -0.112. The van der Waals surface area contributed by atoms with E-state index in [0.29, 0.717) is 5.56 Å². The van der Waals surface area contributed by atoms with E-state index in [-0.39, 0.29) is 5.91 Å². The number of nitrogens with one attached hydrogen (secondary N) is 1. The number of rotatable bonds is 2. The first-order valence-electron chi connectivity index (χ1n) is 7.87. The third kappa shape index (κ3) is 2.50. The molecule has 0 aliphatic rings. The largest absolute Gasteiger partial charge is 0.321 e. The first kappa shape index (κ1) is 14.4. The SMILES string of the molecule is Cc1cccc(C(=O)Nc2ccnc3c2ccc2ccccc23)c1. The molecule has 4 rings (SSSR count). The van der Waals surface area contributed by atoms with Crippen LogP contribution in [0.3, 0.4) is 0 Å². The van der Waals surface area contributed by atoms with E-state index in [4.69, 9.17) is 0 Å². The van der Waals surface area contributed by atoms with Gasteiger partial charge in [-0.15, -0.1) is 0 Å². The van der Waals surface area contributed by atoms with Crippen molar-refractivity contribution in [2.24, 2.45) is 0 Å². The molecule has 1 aromatic heterocycles. The van der Waals surface area contributed by atoms with Gasteiger partial charge in [-0.05, 0) is 30.5 Å². The Balaban J connectivity index is 1.80. The number of nitrogens with zero attached hydrogens (tertiary/aromatic N) is 1. The van der Waals surface area contributed by atoms with E-state index in [1.807, 2.05) is 55.5 Å². The van der Waals surface area contributed by atoms with Gasteiger partial charge >= 0.3 is 0 Å². The summed E-state index contributed by atoms with van der Waals surface area (Å²) in [5.74, 6) is -0.112. The molecule has 0 unspecified atom stereocenters. The molecule has 1 heterocycles. The molecule has 0 saturated carbocycles. The number of amides is 1. The van der Waals surface area contributed by atoms with Crippen LogP contribution in [-0.2, 0) is 0 Å². The van der Waals surface area contributed by atoms with Gasteiger partial charge in [0.2, 0.25) is 0 Å². The van der Waals surface area contributed by atoms with Crippen molar-refractivity contribution in [1.29, 1.82) is 0 Å². The predicted molar refractivity (Wildman–Crippen MR) is 98.4 cm³/mol. The molecule has 0 radical (unpaired) electrons. The lowest BCUT2D eigenvalue weighted by atomic mass is 10.0. The summed E-state index contributed by atoms with van der Waals surface area (Å²) >= 11 is 0. The Morgan fingerprint density at radius 2 is 1.79 bits per heavy atom. The van der Waals surface area contributed by atoms with Crippen LogP contribution in [0.2, 0.25) is 0 Å². The average molecular weight is 312 g/mol. The van der Waals surface area contributed by atoms with Crippen molar-refractivity contribution in [3.63, 3.8) is 0 Å². The van der Waals surface area contributed by atoms with E-state index < -0.39 is 0 Å². The number of benzene rings is 3. The molecule has 3 heteroatoms. The molecule has 0 aliphatic carbocycles. The maximum atomic E-state index is 12.5. The van der Waals surface area contributed by atoms with Crippen LogP contribution in [0.25, 0.3) is 21.7 Å². The Kier molecular flexibility index (Phi) is 3.47. The predicted octanol–water partition coefficient (Wildman–Crippen LogP) is 4.95. The molecule has 0 atom stereocenters. The molecular weight excluding hydrogens is 296 g/mol. The van der Waals surface area contributed by atoms with E-state index in [1.54, 1.807) is 6.20 Å². The summed E-state index contributed by atoms with van der Waals surface area (Å²) in [6.07, 6.45) is 1.74. The summed E-state index contributed by atoms with van der Waals surface area (Å²) in [7, 11) is 0. The lowest BCUT2D eigenvalue weighted by Crippen LogP contribution is -2.12. The number of fused-ring (bicyclic) bond motifs is 3. The molecule has 0 bridgehead atoms. The van der Waals surface area contributed by atoms with Gasteiger partial charge in [-0.1, -0.05) is 54.1 Å². The monoisotopic (exact) mass is 312 g/mol. The van der Waals surface area contributed by atoms with E-state index >= 15 is 0 Å². The quantitative estimate of drug-likeness (QED) is 0.532. The number of pyridine rings is 1.